The van der Waals surface area contributed by atoms with Gasteiger partial charge in [0.25, 0.3) is 0 Å². The summed E-state index contributed by atoms with van der Waals surface area (Å²) in [5.41, 5.74) is 0. The Balaban J connectivity index is 0.000000127. The van der Waals surface area contributed by atoms with Gasteiger partial charge in [-0.05, 0) is 24.3 Å². The Morgan fingerprint density at radius 2 is 1.92 bits per heavy atom. The van der Waals surface area contributed by atoms with Crippen LogP contribution in [-0.2, 0) is 4.74 Å². The van der Waals surface area contributed by atoms with Crippen LogP contribution in [0, 0.1) is 0 Å². The zero-order valence-electron chi connectivity index (χ0n) is 6.55. The number of aliphatic hydroxyl groups excluding tert-OH is 1. The largest absolute Gasteiger partial charge is 0.469 e. The molecule has 0 spiro atoms. The molecule has 1 atom stereocenters. The molecule has 1 unspecified atom stereocenters. The van der Waals surface area contributed by atoms with Crippen molar-refractivity contribution in [1.29, 1.82) is 0 Å². The van der Waals surface area contributed by atoms with Crippen molar-refractivity contribution in [2.75, 3.05) is 0 Å². The second kappa shape index (κ2) is 5.21. The third kappa shape index (κ3) is 3.63. The van der Waals surface area contributed by atoms with Crippen LogP contribution >= 0.6 is 0 Å². The second-order valence-corrected chi connectivity index (χ2v) is 2.12. The molecule has 0 saturated carbocycles. The maximum atomic E-state index is 8.55. The Bertz CT molecular complexity index is 222. The number of rotatable bonds is 0. The van der Waals surface area contributed by atoms with Crippen molar-refractivity contribution in [1.82, 2.24) is 4.98 Å². The van der Waals surface area contributed by atoms with Gasteiger partial charge < -0.3 is 14.8 Å². The molecule has 1 aromatic heterocycles. The van der Waals surface area contributed by atoms with E-state index in [-0.39, 0.29) is 0 Å². The number of aromatic nitrogens is 1. The zero-order chi connectivity index (χ0) is 8.65. The van der Waals surface area contributed by atoms with Crippen molar-refractivity contribution in [3.05, 3.63) is 49.0 Å². The number of aliphatic hydroxyl groups is 1. The number of nitrogens with one attached hydrogen (secondary N) is 1. The van der Waals surface area contributed by atoms with Crippen molar-refractivity contribution in [3.63, 3.8) is 0 Å². The Morgan fingerprint density at radius 1 is 1.17 bits per heavy atom. The van der Waals surface area contributed by atoms with E-state index in [9.17, 15) is 0 Å². The lowest BCUT2D eigenvalue weighted by molar-refractivity contribution is -0.0132. The van der Waals surface area contributed by atoms with Crippen LogP contribution in [0.2, 0.25) is 0 Å². The SMILES string of the molecule is OC1C=CC=CO1.c1cc[nH]c1. The van der Waals surface area contributed by atoms with E-state index in [0.717, 1.165) is 0 Å². The summed E-state index contributed by atoms with van der Waals surface area (Å²) in [6, 6.07) is 3.89. The van der Waals surface area contributed by atoms with E-state index in [1.54, 1.807) is 18.2 Å². The minimum atomic E-state index is -0.731. The molecule has 2 heterocycles. The molecule has 2 N–H and O–H groups in total. The molecular formula is C9H11NO2. The predicted octanol–water partition coefficient (Wildman–Crippen LogP) is 1.42. The smallest absolute Gasteiger partial charge is 0.216 e. The fraction of sp³-hybridized carbons (Fsp3) is 0.111. The molecule has 0 radical (unpaired) electrons. The van der Waals surface area contributed by atoms with Gasteiger partial charge in [0.2, 0.25) is 6.29 Å². The summed E-state index contributed by atoms with van der Waals surface area (Å²) >= 11 is 0. The minimum absolute atomic E-state index is 0.731. The standard InChI is InChI=1S/C5H6O2.C4H5N/c6-5-3-1-2-4-7-5;1-2-4-5-3-1/h1-6H;1-5H. The molecule has 0 aliphatic carbocycles. The molecular weight excluding hydrogens is 154 g/mol. The summed E-state index contributed by atoms with van der Waals surface area (Å²) in [6.45, 7) is 0. The first-order valence-corrected chi connectivity index (χ1v) is 3.64. The first-order valence-electron chi connectivity index (χ1n) is 3.64. The maximum Gasteiger partial charge on any atom is 0.216 e. The van der Waals surface area contributed by atoms with Crippen LogP contribution in [0.1, 0.15) is 0 Å². The molecule has 0 aromatic carbocycles. The topological polar surface area (TPSA) is 45.2 Å². The van der Waals surface area contributed by atoms with Crippen molar-refractivity contribution in [3.8, 4) is 0 Å². The number of ether oxygens (including phenoxy) is 1. The summed E-state index contributed by atoms with van der Waals surface area (Å²) in [6.07, 6.45) is 9.47. The molecule has 2 rings (SSSR count). The van der Waals surface area contributed by atoms with Crippen LogP contribution in [0.5, 0.6) is 0 Å². The van der Waals surface area contributed by atoms with Gasteiger partial charge in [-0.25, -0.2) is 0 Å². The zero-order valence-corrected chi connectivity index (χ0v) is 6.55. The molecule has 1 aliphatic rings. The maximum absolute atomic E-state index is 8.55. The van der Waals surface area contributed by atoms with Crippen molar-refractivity contribution in [2.45, 2.75) is 6.29 Å². The fourth-order valence-corrected chi connectivity index (χ4v) is 0.654. The third-order valence-corrected chi connectivity index (χ3v) is 1.18. The van der Waals surface area contributed by atoms with Gasteiger partial charge in [-0.1, -0.05) is 6.08 Å². The molecule has 12 heavy (non-hydrogen) atoms. The Hall–Kier alpha value is -1.48. The van der Waals surface area contributed by atoms with E-state index < -0.39 is 6.29 Å². The van der Waals surface area contributed by atoms with Gasteiger partial charge >= 0.3 is 0 Å². The molecule has 1 aromatic rings. The van der Waals surface area contributed by atoms with Gasteiger partial charge in [-0.3, -0.25) is 0 Å². The Morgan fingerprint density at radius 3 is 2.17 bits per heavy atom. The first kappa shape index (κ1) is 8.62. The Labute approximate surface area is 71.0 Å². The average molecular weight is 165 g/mol. The van der Waals surface area contributed by atoms with E-state index in [0.29, 0.717) is 0 Å². The first-order chi connectivity index (χ1) is 5.89. The average Bonchev–Trinajstić information content (AvgIpc) is 2.62. The summed E-state index contributed by atoms with van der Waals surface area (Å²) in [5.74, 6) is 0. The highest BCUT2D eigenvalue weighted by atomic mass is 16.6. The highest BCUT2D eigenvalue weighted by molar-refractivity contribution is 5.04. The minimum Gasteiger partial charge on any atom is -0.469 e. The predicted molar refractivity (Wildman–Crippen MR) is 46.2 cm³/mol. The van der Waals surface area contributed by atoms with Crippen molar-refractivity contribution >= 4 is 0 Å². The molecule has 64 valence electrons. The van der Waals surface area contributed by atoms with E-state index in [4.69, 9.17) is 5.11 Å². The van der Waals surface area contributed by atoms with Gasteiger partial charge in [0.05, 0.1) is 6.26 Å². The lowest BCUT2D eigenvalue weighted by Gasteiger charge is -2.05. The van der Waals surface area contributed by atoms with Crippen molar-refractivity contribution in [2.24, 2.45) is 0 Å². The van der Waals surface area contributed by atoms with E-state index in [1.807, 2.05) is 24.5 Å². The molecule has 0 bridgehead atoms. The molecule has 0 amide bonds. The molecule has 3 heteroatoms. The summed E-state index contributed by atoms with van der Waals surface area (Å²) in [4.78, 5) is 2.86. The van der Waals surface area contributed by atoms with Gasteiger partial charge in [-0.2, -0.15) is 0 Å². The molecule has 3 nitrogen and oxygen atoms in total. The fourth-order valence-electron chi connectivity index (χ4n) is 0.654. The van der Waals surface area contributed by atoms with Crippen LogP contribution < -0.4 is 0 Å². The quantitative estimate of drug-likeness (QED) is 0.610. The van der Waals surface area contributed by atoms with E-state index in [1.165, 1.54) is 6.26 Å². The highest BCUT2D eigenvalue weighted by Crippen LogP contribution is 1.96. The van der Waals surface area contributed by atoms with Gasteiger partial charge in [0.15, 0.2) is 0 Å². The Kier molecular flexibility index (Phi) is 3.74. The van der Waals surface area contributed by atoms with Gasteiger partial charge in [-0.15, -0.1) is 0 Å². The van der Waals surface area contributed by atoms with E-state index in [2.05, 4.69) is 9.72 Å². The van der Waals surface area contributed by atoms with Gasteiger partial charge in [0.1, 0.15) is 0 Å². The van der Waals surface area contributed by atoms with Gasteiger partial charge in [0, 0.05) is 12.4 Å². The number of allylic oxidation sites excluding steroid dienone is 2. The lowest BCUT2D eigenvalue weighted by Crippen LogP contribution is -2.04. The molecule has 0 fully saturated rings. The lowest BCUT2D eigenvalue weighted by atomic mass is 10.4. The number of H-pyrrole nitrogens is 1. The van der Waals surface area contributed by atoms with Crippen LogP contribution in [0.15, 0.2) is 49.0 Å². The molecule has 0 saturated heterocycles. The van der Waals surface area contributed by atoms with Crippen molar-refractivity contribution < 1.29 is 9.84 Å². The van der Waals surface area contributed by atoms with Crippen LogP contribution in [0.3, 0.4) is 0 Å². The number of hydrogen-bond donors (Lipinski definition) is 2. The normalized spacial score (nSPS) is 19.2. The second-order valence-electron chi connectivity index (χ2n) is 2.12. The monoisotopic (exact) mass is 165 g/mol. The summed E-state index contributed by atoms with van der Waals surface area (Å²) < 4.78 is 4.57. The van der Waals surface area contributed by atoms with E-state index >= 15 is 0 Å². The van der Waals surface area contributed by atoms with Crippen LogP contribution in [0.25, 0.3) is 0 Å². The number of hydrogen-bond acceptors (Lipinski definition) is 2. The molecule has 1 aliphatic heterocycles. The summed E-state index contributed by atoms with van der Waals surface area (Å²) in [7, 11) is 0. The highest BCUT2D eigenvalue weighted by Gasteiger charge is 1.94. The summed E-state index contributed by atoms with van der Waals surface area (Å²) in [5, 5.41) is 8.55. The third-order valence-electron chi connectivity index (χ3n) is 1.18. The van der Waals surface area contributed by atoms with Crippen LogP contribution in [-0.4, -0.2) is 16.4 Å². The van der Waals surface area contributed by atoms with Crippen LogP contribution in [0.4, 0.5) is 0 Å². The number of aromatic amines is 1.